The van der Waals surface area contributed by atoms with Gasteiger partial charge in [0.15, 0.2) is 34.5 Å². The van der Waals surface area contributed by atoms with Gasteiger partial charge < -0.3 is 37.9 Å². The Hall–Kier alpha value is -5.96. The van der Waals surface area contributed by atoms with Crippen molar-refractivity contribution in [2.75, 3.05) is 60.0 Å². The van der Waals surface area contributed by atoms with E-state index in [2.05, 4.69) is 36.4 Å². The summed E-state index contributed by atoms with van der Waals surface area (Å²) in [5.41, 5.74) is 1.09. The fourth-order valence-electron chi connectivity index (χ4n) is 6.10. The van der Waals surface area contributed by atoms with Gasteiger partial charge >= 0.3 is 0 Å². The van der Waals surface area contributed by atoms with E-state index in [0.29, 0.717) is 94.0 Å². The van der Waals surface area contributed by atoms with Crippen molar-refractivity contribution in [1.82, 2.24) is 0 Å². The first-order valence-electron chi connectivity index (χ1n) is 18.2. The van der Waals surface area contributed by atoms with E-state index in [0.717, 1.165) is 37.9 Å². The number of benzene rings is 7. The van der Waals surface area contributed by atoms with Gasteiger partial charge in [0.05, 0.1) is 33.5 Å². The molecule has 7 aromatic carbocycles. The van der Waals surface area contributed by atoms with Crippen molar-refractivity contribution < 1.29 is 37.9 Å². The fourth-order valence-corrected chi connectivity index (χ4v) is 6.10. The first kappa shape index (κ1) is 36.4. The summed E-state index contributed by atoms with van der Waals surface area (Å²) in [7, 11) is 1.64. The average Bonchev–Trinajstić information content (AvgIpc) is 3.22. The maximum Gasteiger partial charge on any atom is 0.162 e. The Morgan fingerprint density at radius 2 is 0.611 bits per heavy atom. The first-order valence-corrected chi connectivity index (χ1v) is 18.2. The van der Waals surface area contributed by atoms with Crippen LogP contribution < -0.4 is 28.4 Å². The molecule has 0 fully saturated rings. The zero-order chi connectivity index (χ0) is 36.8. The van der Waals surface area contributed by atoms with Crippen molar-refractivity contribution in [3.05, 3.63) is 145 Å². The third kappa shape index (κ3) is 9.72. The highest BCUT2D eigenvalue weighted by molar-refractivity contribution is 5.87. The Labute approximate surface area is 315 Å². The van der Waals surface area contributed by atoms with Gasteiger partial charge in [-0.3, -0.25) is 0 Å². The minimum atomic E-state index is 0.349. The lowest BCUT2D eigenvalue weighted by molar-refractivity contribution is 0.0692. The maximum atomic E-state index is 6.19. The topological polar surface area (TPSA) is 73.8 Å². The van der Waals surface area contributed by atoms with Gasteiger partial charge in [0.2, 0.25) is 0 Å². The molecule has 0 bridgehead atoms. The second-order valence-corrected chi connectivity index (χ2v) is 12.5. The van der Waals surface area contributed by atoms with Crippen molar-refractivity contribution in [3.8, 4) is 34.5 Å². The summed E-state index contributed by atoms with van der Waals surface area (Å²) in [6.45, 7) is 3.49. The van der Waals surface area contributed by atoms with Crippen molar-refractivity contribution in [1.29, 1.82) is 0 Å². The van der Waals surface area contributed by atoms with Gasteiger partial charge in [0.25, 0.3) is 0 Å². The lowest BCUT2D eigenvalue weighted by Crippen LogP contribution is -2.14. The molecule has 0 saturated heterocycles. The van der Waals surface area contributed by atoms with E-state index < -0.39 is 0 Å². The Morgan fingerprint density at radius 3 is 0.963 bits per heavy atom. The lowest BCUT2D eigenvalue weighted by atomic mass is 10.1. The zero-order valence-electron chi connectivity index (χ0n) is 30.4. The Bertz CT molecular complexity index is 2250. The standard InChI is InChI=1S/C46H44O8/c1-47-41-27-35-13-5-6-14-36(35)28-42(41)50-23-19-48-20-24-51-43-29-37-15-7-8-16-38(37)30-44(43)52-25-21-49-22-26-53-45-31-39-17-9-10-18-40(39)32-46(45)54-33-34-11-3-2-4-12-34/h2-18,27-32H,19-26,33H2,1H3. The van der Waals surface area contributed by atoms with Gasteiger partial charge in [-0.05, 0) is 74.3 Å². The minimum Gasteiger partial charge on any atom is -0.493 e. The van der Waals surface area contributed by atoms with Crippen molar-refractivity contribution in [2.24, 2.45) is 0 Å². The third-order valence-electron chi connectivity index (χ3n) is 8.83. The molecular formula is C46H44O8. The van der Waals surface area contributed by atoms with Crippen LogP contribution in [0.15, 0.2) is 140 Å². The SMILES string of the molecule is COc1cc2ccccc2cc1OCCOCCOc1cc2ccccc2cc1OCCOCCOc1cc2ccccc2cc1OCc1ccccc1. The highest BCUT2D eigenvalue weighted by Gasteiger charge is 2.11. The summed E-state index contributed by atoms with van der Waals surface area (Å²) in [6.07, 6.45) is 0. The van der Waals surface area contributed by atoms with E-state index in [1.165, 1.54) is 0 Å². The highest BCUT2D eigenvalue weighted by Crippen LogP contribution is 2.35. The minimum absolute atomic E-state index is 0.349. The maximum absolute atomic E-state index is 6.19. The molecule has 0 saturated carbocycles. The molecule has 0 aliphatic carbocycles. The summed E-state index contributed by atoms with van der Waals surface area (Å²) in [5, 5.41) is 6.49. The molecule has 0 amide bonds. The summed E-state index contributed by atoms with van der Waals surface area (Å²) >= 11 is 0. The zero-order valence-corrected chi connectivity index (χ0v) is 30.4. The first-order chi connectivity index (χ1) is 26.7. The number of fused-ring (bicyclic) bond motifs is 3. The molecule has 0 unspecified atom stereocenters. The fraction of sp³-hybridized carbons (Fsp3) is 0.217. The number of ether oxygens (including phenoxy) is 8. The second-order valence-electron chi connectivity index (χ2n) is 12.5. The van der Waals surface area contributed by atoms with Crippen molar-refractivity contribution in [3.63, 3.8) is 0 Å². The molecule has 0 atom stereocenters. The van der Waals surface area contributed by atoms with Crippen LogP contribution in [-0.4, -0.2) is 60.0 Å². The van der Waals surface area contributed by atoms with E-state index >= 15 is 0 Å². The number of hydrogen-bond donors (Lipinski definition) is 0. The molecule has 7 rings (SSSR count). The summed E-state index contributed by atoms with van der Waals surface area (Å²) < 4.78 is 47.9. The van der Waals surface area contributed by atoms with Gasteiger partial charge in [0, 0.05) is 0 Å². The highest BCUT2D eigenvalue weighted by atomic mass is 16.6. The molecule has 8 nitrogen and oxygen atoms in total. The number of hydrogen-bond acceptors (Lipinski definition) is 8. The van der Waals surface area contributed by atoms with Crippen LogP contribution in [0.5, 0.6) is 34.5 Å². The van der Waals surface area contributed by atoms with Gasteiger partial charge in [0.1, 0.15) is 33.0 Å². The molecule has 0 aromatic heterocycles. The molecule has 0 radical (unpaired) electrons. The van der Waals surface area contributed by atoms with Crippen LogP contribution in [-0.2, 0) is 16.1 Å². The van der Waals surface area contributed by atoms with Crippen LogP contribution in [0.4, 0.5) is 0 Å². The van der Waals surface area contributed by atoms with E-state index in [1.807, 2.05) is 103 Å². The molecule has 54 heavy (non-hydrogen) atoms. The third-order valence-corrected chi connectivity index (χ3v) is 8.83. The molecular weight excluding hydrogens is 680 g/mol. The van der Waals surface area contributed by atoms with Crippen LogP contribution >= 0.6 is 0 Å². The Kier molecular flexibility index (Phi) is 12.6. The molecule has 0 N–H and O–H groups in total. The number of methoxy groups -OCH3 is 1. The van der Waals surface area contributed by atoms with Crippen LogP contribution in [0.3, 0.4) is 0 Å². The quantitative estimate of drug-likeness (QED) is 0.0720. The van der Waals surface area contributed by atoms with Crippen LogP contribution in [0.1, 0.15) is 5.56 Å². The van der Waals surface area contributed by atoms with Crippen LogP contribution in [0.2, 0.25) is 0 Å². The van der Waals surface area contributed by atoms with Crippen LogP contribution in [0, 0.1) is 0 Å². The van der Waals surface area contributed by atoms with Gasteiger partial charge in [-0.2, -0.15) is 0 Å². The van der Waals surface area contributed by atoms with E-state index in [-0.39, 0.29) is 0 Å². The Morgan fingerprint density at radius 1 is 0.315 bits per heavy atom. The molecule has 8 heteroatoms. The molecule has 0 heterocycles. The van der Waals surface area contributed by atoms with Crippen molar-refractivity contribution in [2.45, 2.75) is 6.61 Å². The molecule has 7 aromatic rings. The van der Waals surface area contributed by atoms with E-state index in [4.69, 9.17) is 37.9 Å². The van der Waals surface area contributed by atoms with Gasteiger partial charge in [-0.1, -0.05) is 103 Å². The molecule has 0 aliphatic heterocycles. The summed E-state index contributed by atoms with van der Waals surface area (Å²) in [6, 6.07) is 46.5. The smallest absolute Gasteiger partial charge is 0.162 e. The molecule has 0 spiro atoms. The monoisotopic (exact) mass is 724 g/mol. The second kappa shape index (κ2) is 18.7. The van der Waals surface area contributed by atoms with Crippen LogP contribution in [0.25, 0.3) is 32.3 Å². The molecule has 276 valence electrons. The Balaban J connectivity index is 0.858. The lowest BCUT2D eigenvalue weighted by Gasteiger charge is -2.16. The van der Waals surface area contributed by atoms with Gasteiger partial charge in [-0.25, -0.2) is 0 Å². The predicted molar refractivity (Wildman–Crippen MR) is 213 cm³/mol. The summed E-state index contributed by atoms with van der Waals surface area (Å²) in [5.74, 6) is 4.07. The number of rotatable bonds is 20. The average molecular weight is 725 g/mol. The van der Waals surface area contributed by atoms with E-state index in [1.54, 1.807) is 7.11 Å². The van der Waals surface area contributed by atoms with Gasteiger partial charge in [-0.15, -0.1) is 0 Å². The van der Waals surface area contributed by atoms with E-state index in [9.17, 15) is 0 Å². The predicted octanol–water partition coefficient (Wildman–Crippen LogP) is 9.68. The largest absolute Gasteiger partial charge is 0.493 e. The summed E-state index contributed by atoms with van der Waals surface area (Å²) in [4.78, 5) is 0. The van der Waals surface area contributed by atoms with Crippen molar-refractivity contribution >= 4 is 32.3 Å². The molecule has 0 aliphatic rings. The normalized spacial score (nSPS) is 11.1.